The summed E-state index contributed by atoms with van der Waals surface area (Å²) in [5.41, 5.74) is 3.53. The van der Waals surface area contributed by atoms with E-state index in [1.165, 1.54) is 25.7 Å². The van der Waals surface area contributed by atoms with E-state index in [0.29, 0.717) is 11.8 Å². The molecule has 25 heavy (non-hydrogen) atoms. The van der Waals surface area contributed by atoms with Crippen molar-refractivity contribution in [2.24, 2.45) is 0 Å². The smallest absolute Gasteiger partial charge is 0.263 e. The minimum Gasteiger partial charge on any atom is -0.368 e. The van der Waals surface area contributed by atoms with E-state index in [9.17, 15) is 0 Å². The van der Waals surface area contributed by atoms with Crippen LogP contribution in [0.15, 0.2) is 35.1 Å². The van der Waals surface area contributed by atoms with Crippen LogP contribution in [0.25, 0.3) is 22.4 Å². The number of fused-ring (bicyclic) bond motifs is 1. The number of benzene rings is 1. The molecule has 3 heterocycles. The summed E-state index contributed by atoms with van der Waals surface area (Å²) < 4.78 is 5.46. The Bertz CT molecular complexity index is 875. The number of rotatable bonds is 5. The molecule has 0 aliphatic carbocycles. The molecule has 0 amide bonds. The van der Waals surface area contributed by atoms with Crippen molar-refractivity contribution < 1.29 is 4.52 Å². The zero-order valence-corrected chi connectivity index (χ0v) is 14.7. The zero-order chi connectivity index (χ0) is 17.2. The molecule has 1 aliphatic heterocycles. The monoisotopic (exact) mass is 337 g/mol. The third-order valence-electron chi connectivity index (χ3n) is 5.08. The first-order chi connectivity index (χ1) is 12.3. The van der Waals surface area contributed by atoms with Crippen LogP contribution in [0.1, 0.15) is 25.3 Å². The standard InChI is InChI=1S/C19H23N5O/c1-3-24-10-6-8-14(24)11-20-18-16-17(15-9-5-4-7-13(15)2)23-25-19(16)22-12-21-18/h4-5,7,9,12,14H,3,6,8,10-11H2,1-2H3,(H,20,21,22). The molecule has 1 aliphatic rings. The van der Waals surface area contributed by atoms with Gasteiger partial charge in [0, 0.05) is 18.2 Å². The summed E-state index contributed by atoms with van der Waals surface area (Å²) in [5.74, 6) is 0.799. The summed E-state index contributed by atoms with van der Waals surface area (Å²) in [4.78, 5) is 11.2. The third kappa shape index (κ3) is 2.98. The van der Waals surface area contributed by atoms with E-state index in [1.54, 1.807) is 0 Å². The highest BCUT2D eigenvalue weighted by atomic mass is 16.5. The lowest BCUT2D eigenvalue weighted by molar-refractivity contribution is 0.277. The van der Waals surface area contributed by atoms with E-state index in [1.807, 2.05) is 12.1 Å². The number of nitrogens with zero attached hydrogens (tertiary/aromatic N) is 4. The van der Waals surface area contributed by atoms with Crippen LogP contribution in [0.2, 0.25) is 0 Å². The Morgan fingerprint density at radius 2 is 2.16 bits per heavy atom. The molecule has 1 aromatic carbocycles. The van der Waals surface area contributed by atoms with E-state index in [-0.39, 0.29) is 0 Å². The number of hydrogen-bond acceptors (Lipinski definition) is 6. The van der Waals surface area contributed by atoms with E-state index in [0.717, 1.165) is 41.1 Å². The van der Waals surface area contributed by atoms with Gasteiger partial charge in [0.15, 0.2) is 0 Å². The lowest BCUT2D eigenvalue weighted by atomic mass is 10.0. The van der Waals surface area contributed by atoms with Crippen LogP contribution in [0.3, 0.4) is 0 Å². The molecule has 1 N–H and O–H groups in total. The van der Waals surface area contributed by atoms with Crippen molar-refractivity contribution >= 4 is 16.9 Å². The van der Waals surface area contributed by atoms with Crippen LogP contribution >= 0.6 is 0 Å². The molecule has 2 aromatic heterocycles. The molecular formula is C19H23N5O. The first kappa shape index (κ1) is 16.0. The maximum atomic E-state index is 5.46. The summed E-state index contributed by atoms with van der Waals surface area (Å²) >= 11 is 0. The molecule has 6 heteroatoms. The molecule has 1 atom stereocenters. The van der Waals surface area contributed by atoms with Gasteiger partial charge in [-0.1, -0.05) is 36.3 Å². The Morgan fingerprint density at radius 3 is 3.00 bits per heavy atom. The molecule has 1 saturated heterocycles. The van der Waals surface area contributed by atoms with E-state index < -0.39 is 0 Å². The van der Waals surface area contributed by atoms with Crippen LogP contribution < -0.4 is 5.32 Å². The topological polar surface area (TPSA) is 67.1 Å². The summed E-state index contributed by atoms with van der Waals surface area (Å²) in [7, 11) is 0. The normalized spacial score (nSPS) is 18.1. The minimum absolute atomic E-state index is 0.523. The van der Waals surface area contributed by atoms with E-state index in [2.05, 4.69) is 51.3 Å². The summed E-state index contributed by atoms with van der Waals surface area (Å²) in [6, 6.07) is 8.72. The first-order valence-electron chi connectivity index (χ1n) is 8.92. The van der Waals surface area contributed by atoms with Crippen molar-refractivity contribution in [3.63, 3.8) is 0 Å². The van der Waals surface area contributed by atoms with Crippen LogP contribution in [0.4, 0.5) is 5.82 Å². The van der Waals surface area contributed by atoms with Gasteiger partial charge >= 0.3 is 0 Å². The van der Waals surface area contributed by atoms with Gasteiger partial charge in [0.1, 0.15) is 23.2 Å². The molecule has 1 fully saturated rings. The second-order valence-corrected chi connectivity index (χ2v) is 6.55. The van der Waals surface area contributed by atoms with Crippen molar-refractivity contribution in [2.45, 2.75) is 32.7 Å². The highest BCUT2D eigenvalue weighted by molar-refractivity contribution is 5.98. The molecule has 130 valence electrons. The van der Waals surface area contributed by atoms with Crippen LogP contribution in [-0.2, 0) is 0 Å². The Morgan fingerprint density at radius 1 is 1.28 bits per heavy atom. The van der Waals surface area contributed by atoms with E-state index in [4.69, 9.17) is 4.52 Å². The largest absolute Gasteiger partial charge is 0.368 e. The maximum absolute atomic E-state index is 5.46. The second-order valence-electron chi connectivity index (χ2n) is 6.55. The fourth-order valence-electron chi connectivity index (χ4n) is 3.70. The van der Waals surface area contributed by atoms with Gasteiger partial charge in [0.05, 0.1) is 0 Å². The van der Waals surface area contributed by atoms with Crippen LogP contribution in [-0.4, -0.2) is 45.7 Å². The number of aromatic nitrogens is 3. The average Bonchev–Trinajstić information content (AvgIpc) is 3.27. The van der Waals surface area contributed by atoms with Crippen LogP contribution in [0, 0.1) is 6.92 Å². The average molecular weight is 337 g/mol. The fraction of sp³-hybridized carbons (Fsp3) is 0.421. The number of likely N-dealkylation sites (tertiary alicyclic amines) is 1. The second kappa shape index (κ2) is 6.80. The van der Waals surface area contributed by atoms with Gasteiger partial charge in [0.2, 0.25) is 0 Å². The van der Waals surface area contributed by atoms with Crippen molar-refractivity contribution in [1.82, 2.24) is 20.0 Å². The quantitative estimate of drug-likeness (QED) is 0.769. The van der Waals surface area contributed by atoms with Crippen LogP contribution in [0.5, 0.6) is 0 Å². The first-order valence-corrected chi connectivity index (χ1v) is 8.92. The number of likely N-dealkylation sites (N-methyl/N-ethyl adjacent to an activating group) is 1. The summed E-state index contributed by atoms with van der Waals surface area (Å²) in [6.45, 7) is 7.44. The Labute approximate surface area is 147 Å². The number of aryl methyl sites for hydroxylation is 1. The maximum Gasteiger partial charge on any atom is 0.263 e. The molecule has 0 radical (unpaired) electrons. The van der Waals surface area contributed by atoms with Gasteiger partial charge in [-0.05, 0) is 38.4 Å². The Balaban J connectivity index is 1.68. The molecule has 0 bridgehead atoms. The number of anilines is 1. The van der Waals surface area contributed by atoms with Crippen molar-refractivity contribution in [3.05, 3.63) is 36.2 Å². The minimum atomic E-state index is 0.523. The Kier molecular flexibility index (Phi) is 4.36. The molecule has 0 saturated carbocycles. The predicted octanol–water partition coefficient (Wildman–Crippen LogP) is 3.49. The zero-order valence-electron chi connectivity index (χ0n) is 14.7. The van der Waals surface area contributed by atoms with Crippen molar-refractivity contribution in [3.8, 4) is 11.3 Å². The van der Waals surface area contributed by atoms with Gasteiger partial charge in [-0.2, -0.15) is 4.98 Å². The van der Waals surface area contributed by atoms with Gasteiger partial charge in [-0.15, -0.1) is 0 Å². The summed E-state index contributed by atoms with van der Waals surface area (Å²) in [6.07, 6.45) is 4.02. The summed E-state index contributed by atoms with van der Waals surface area (Å²) in [5, 5.41) is 8.65. The SMILES string of the molecule is CCN1CCCC1CNc1ncnc2onc(-c3ccccc3C)c12. The molecular weight excluding hydrogens is 314 g/mol. The number of nitrogens with one attached hydrogen (secondary N) is 1. The lowest BCUT2D eigenvalue weighted by Gasteiger charge is -2.23. The molecule has 0 spiro atoms. The van der Waals surface area contributed by atoms with Gasteiger partial charge < -0.3 is 9.84 Å². The molecule has 6 nitrogen and oxygen atoms in total. The third-order valence-corrected chi connectivity index (χ3v) is 5.08. The predicted molar refractivity (Wildman–Crippen MR) is 98.5 cm³/mol. The van der Waals surface area contributed by atoms with E-state index >= 15 is 0 Å². The molecule has 4 rings (SSSR count). The fourth-order valence-corrected chi connectivity index (χ4v) is 3.70. The highest BCUT2D eigenvalue weighted by Crippen LogP contribution is 2.33. The highest BCUT2D eigenvalue weighted by Gasteiger charge is 2.24. The molecule has 3 aromatic rings. The lowest BCUT2D eigenvalue weighted by Crippen LogP contribution is -2.34. The van der Waals surface area contributed by atoms with Crippen molar-refractivity contribution in [2.75, 3.05) is 25.0 Å². The van der Waals surface area contributed by atoms with Crippen molar-refractivity contribution in [1.29, 1.82) is 0 Å². The van der Waals surface area contributed by atoms with Gasteiger partial charge in [-0.3, -0.25) is 4.90 Å². The van der Waals surface area contributed by atoms with Gasteiger partial charge in [0.25, 0.3) is 5.71 Å². The van der Waals surface area contributed by atoms with Gasteiger partial charge in [-0.25, -0.2) is 4.98 Å². The Hall–Kier alpha value is -2.47. The number of hydrogen-bond donors (Lipinski definition) is 1. The molecule has 1 unspecified atom stereocenters.